The van der Waals surface area contributed by atoms with Gasteiger partial charge in [0.2, 0.25) is 5.91 Å². The number of amides is 1. The van der Waals surface area contributed by atoms with Crippen LogP contribution in [-0.2, 0) is 23.9 Å². The van der Waals surface area contributed by atoms with Crippen LogP contribution >= 0.6 is 0 Å². The van der Waals surface area contributed by atoms with E-state index in [1.807, 2.05) is 0 Å². The lowest BCUT2D eigenvalue weighted by atomic mass is 10.0. The number of carbonyl (C=O) groups excluding carboxylic acids is 3. The molecule has 1 unspecified atom stereocenters. The minimum atomic E-state index is -0.556. The maximum atomic E-state index is 12.2. The molecule has 0 aliphatic heterocycles. The summed E-state index contributed by atoms with van der Waals surface area (Å²) < 4.78 is 11.0. The van der Waals surface area contributed by atoms with Crippen molar-refractivity contribution in [2.75, 3.05) is 19.8 Å². The second kappa shape index (κ2) is 25.2. The maximum absolute atomic E-state index is 12.2. The van der Waals surface area contributed by atoms with Gasteiger partial charge >= 0.3 is 5.97 Å². The first-order valence-electron chi connectivity index (χ1n) is 14.6. The van der Waals surface area contributed by atoms with Crippen LogP contribution in [0.3, 0.4) is 0 Å². The first kappa shape index (κ1) is 34.5. The Balaban J connectivity index is 3.99. The molecule has 36 heavy (non-hydrogen) atoms. The Morgan fingerprint density at radius 1 is 0.778 bits per heavy atom. The lowest BCUT2D eigenvalue weighted by Crippen LogP contribution is -2.41. The molecule has 2 atom stereocenters. The van der Waals surface area contributed by atoms with Crippen molar-refractivity contribution >= 4 is 17.7 Å². The van der Waals surface area contributed by atoms with E-state index in [2.05, 4.69) is 19.2 Å². The van der Waals surface area contributed by atoms with E-state index in [4.69, 9.17) is 9.47 Å². The van der Waals surface area contributed by atoms with E-state index in [9.17, 15) is 19.5 Å². The molecule has 0 saturated carbocycles. The molecule has 0 heterocycles. The van der Waals surface area contributed by atoms with Crippen LogP contribution in [0.2, 0.25) is 0 Å². The fourth-order valence-corrected chi connectivity index (χ4v) is 4.23. The number of carbonyl (C=O) groups is 3. The fourth-order valence-electron chi connectivity index (χ4n) is 4.23. The van der Waals surface area contributed by atoms with Crippen molar-refractivity contribution in [2.24, 2.45) is 0 Å². The third-order valence-corrected chi connectivity index (χ3v) is 6.37. The van der Waals surface area contributed by atoms with Gasteiger partial charge in [-0.05, 0) is 19.3 Å². The molecule has 0 bridgehead atoms. The monoisotopic (exact) mass is 513 g/mol. The first-order chi connectivity index (χ1) is 17.4. The molecule has 1 amide bonds. The van der Waals surface area contributed by atoms with Gasteiger partial charge < -0.3 is 19.9 Å². The molecule has 0 aliphatic rings. The van der Waals surface area contributed by atoms with Gasteiger partial charge in [0.1, 0.15) is 11.9 Å². The molecule has 0 fully saturated rings. The van der Waals surface area contributed by atoms with Crippen LogP contribution in [0.4, 0.5) is 0 Å². The van der Waals surface area contributed by atoms with Crippen LogP contribution in [-0.4, -0.2) is 54.7 Å². The summed E-state index contributed by atoms with van der Waals surface area (Å²) >= 11 is 0. The number of nitrogens with one attached hydrogen (secondary N) is 1. The summed E-state index contributed by atoms with van der Waals surface area (Å²) in [6, 6.07) is -0.556. The normalized spacial score (nSPS) is 12.8. The fraction of sp³-hybridized carbons (Fsp3) is 0.897. The molecule has 0 aromatic carbocycles. The van der Waals surface area contributed by atoms with E-state index in [-0.39, 0.29) is 43.4 Å². The van der Waals surface area contributed by atoms with E-state index >= 15 is 0 Å². The Bertz CT molecular complexity index is 554. The third-order valence-electron chi connectivity index (χ3n) is 6.37. The van der Waals surface area contributed by atoms with Crippen LogP contribution in [0.15, 0.2) is 0 Å². The Hall–Kier alpha value is -1.47. The van der Waals surface area contributed by atoms with Crippen molar-refractivity contribution in [2.45, 2.75) is 148 Å². The summed E-state index contributed by atoms with van der Waals surface area (Å²) in [4.78, 5) is 35.7. The molecule has 0 spiro atoms. The topological polar surface area (TPSA) is 102 Å². The predicted octanol–water partition coefficient (Wildman–Crippen LogP) is 6.04. The van der Waals surface area contributed by atoms with Crippen LogP contribution in [0, 0.1) is 0 Å². The summed E-state index contributed by atoms with van der Waals surface area (Å²) in [5, 5.41) is 12.3. The largest absolute Gasteiger partial charge is 0.462 e. The lowest BCUT2D eigenvalue weighted by molar-refractivity contribution is -0.147. The van der Waals surface area contributed by atoms with Crippen LogP contribution < -0.4 is 5.32 Å². The highest BCUT2D eigenvalue weighted by Gasteiger charge is 2.16. The quantitative estimate of drug-likeness (QED) is 0.0830. The summed E-state index contributed by atoms with van der Waals surface area (Å²) in [6.45, 7) is 6.07. The van der Waals surface area contributed by atoms with Gasteiger partial charge in [0.05, 0.1) is 32.3 Å². The molecule has 2 N–H and O–H groups in total. The molecule has 0 saturated heterocycles. The second-order valence-corrected chi connectivity index (χ2v) is 10.0. The number of aliphatic hydroxyl groups is 1. The SMILES string of the molecule is CCCCCCCCCCCC(=O)CC(=O)NC(CO)COCC[C@@H](CCCCCCC)OC(C)=O. The van der Waals surface area contributed by atoms with Gasteiger partial charge in [-0.25, -0.2) is 0 Å². The van der Waals surface area contributed by atoms with Gasteiger partial charge in [0.25, 0.3) is 0 Å². The number of rotatable bonds is 26. The van der Waals surface area contributed by atoms with E-state index in [0.717, 1.165) is 38.5 Å². The summed E-state index contributed by atoms with van der Waals surface area (Å²) in [5.41, 5.74) is 0. The second-order valence-electron chi connectivity index (χ2n) is 10.0. The van der Waals surface area contributed by atoms with E-state index in [1.165, 1.54) is 64.7 Å². The average molecular weight is 514 g/mol. The maximum Gasteiger partial charge on any atom is 0.302 e. The van der Waals surface area contributed by atoms with Gasteiger partial charge in [-0.3, -0.25) is 14.4 Å². The van der Waals surface area contributed by atoms with Crippen LogP contribution in [0.5, 0.6) is 0 Å². The number of hydrogen-bond acceptors (Lipinski definition) is 6. The van der Waals surface area contributed by atoms with Crippen molar-refractivity contribution in [3.63, 3.8) is 0 Å². The Morgan fingerprint density at radius 2 is 1.33 bits per heavy atom. The number of hydrogen-bond donors (Lipinski definition) is 2. The summed E-state index contributed by atoms with van der Waals surface area (Å²) in [6.07, 6.45) is 17.9. The van der Waals surface area contributed by atoms with Crippen LogP contribution in [0.1, 0.15) is 136 Å². The van der Waals surface area contributed by atoms with Crippen molar-refractivity contribution in [3.8, 4) is 0 Å². The van der Waals surface area contributed by atoms with Crippen molar-refractivity contribution < 1.29 is 29.0 Å². The molecule has 0 rings (SSSR count). The highest BCUT2D eigenvalue weighted by molar-refractivity contribution is 5.98. The number of aliphatic hydroxyl groups excluding tert-OH is 1. The van der Waals surface area contributed by atoms with E-state index < -0.39 is 6.04 Å². The molecule has 0 radical (unpaired) electrons. The van der Waals surface area contributed by atoms with Gasteiger partial charge in [0, 0.05) is 19.8 Å². The zero-order chi connectivity index (χ0) is 26.9. The summed E-state index contributed by atoms with van der Waals surface area (Å²) in [5.74, 6) is -0.721. The molecule has 0 aliphatic carbocycles. The van der Waals surface area contributed by atoms with Crippen molar-refractivity contribution in [3.05, 3.63) is 0 Å². The molecule has 7 heteroatoms. The standard InChI is InChI=1S/C29H55NO6/c1-4-6-8-10-11-12-13-15-16-18-27(33)22-29(34)30-26(23-31)24-35-21-20-28(36-25(3)32)19-17-14-9-7-5-2/h26,28,31H,4-24H2,1-3H3,(H,30,34)/t26?,28-/m1/s1. The Morgan fingerprint density at radius 3 is 1.89 bits per heavy atom. The molecule has 212 valence electrons. The molecule has 7 nitrogen and oxygen atoms in total. The summed E-state index contributed by atoms with van der Waals surface area (Å²) in [7, 11) is 0. The Kier molecular flexibility index (Phi) is 24.2. The van der Waals surface area contributed by atoms with Gasteiger partial charge in [0.15, 0.2) is 0 Å². The number of ether oxygens (including phenoxy) is 2. The first-order valence-corrected chi connectivity index (χ1v) is 14.6. The molecule has 0 aromatic heterocycles. The Labute approximate surface area is 220 Å². The highest BCUT2D eigenvalue weighted by Crippen LogP contribution is 2.13. The molecule has 0 aromatic rings. The molecular weight excluding hydrogens is 458 g/mol. The smallest absolute Gasteiger partial charge is 0.302 e. The van der Waals surface area contributed by atoms with E-state index in [0.29, 0.717) is 19.4 Å². The van der Waals surface area contributed by atoms with Crippen molar-refractivity contribution in [1.82, 2.24) is 5.32 Å². The van der Waals surface area contributed by atoms with Crippen LogP contribution in [0.25, 0.3) is 0 Å². The highest BCUT2D eigenvalue weighted by atomic mass is 16.5. The minimum absolute atomic E-state index is 0.0591. The zero-order valence-corrected chi connectivity index (χ0v) is 23.5. The van der Waals surface area contributed by atoms with Gasteiger partial charge in [-0.2, -0.15) is 0 Å². The van der Waals surface area contributed by atoms with Gasteiger partial charge in [-0.15, -0.1) is 0 Å². The van der Waals surface area contributed by atoms with E-state index in [1.54, 1.807) is 0 Å². The number of ketones is 1. The van der Waals surface area contributed by atoms with Crippen molar-refractivity contribution in [1.29, 1.82) is 0 Å². The number of Topliss-reactive ketones (excluding diaryl/α,β-unsaturated/α-hetero) is 1. The average Bonchev–Trinajstić information content (AvgIpc) is 2.84. The predicted molar refractivity (Wildman–Crippen MR) is 145 cm³/mol. The number of esters is 1. The minimum Gasteiger partial charge on any atom is -0.462 e. The third kappa shape index (κ3) is 23.0. The number of unbranched alkanes of at least 4 members (excludes halogenated alkanes) is 12. The van der Waals surface area contributed by atoms with Gasteiger partial charge in [-0.1, -0.05) is 90.9 Å². The lowest BCUT2D eigenvalue weighted by Gasteiger charge is -2.19. The molecular formula is C29H55NO6. The zero-order valence-electron chi connectivity index (χ0n) is 23.5.